The molecule has 4 aromatic rings. The summed E-state index contributed by atoms with van der Waals surface area (Å²) in [6, 6.07) is 17.3. The van der Waals surface area contributed by atoms with Crippen LogP contribution in [-0.4, -0.2) is 26.0 Å². The molecule has 0 atom stereocenters. The Labute approximate surface area is 164 Å². The number of benzene rings is 2. The highest BCUT2D eigenvalue weighted by atomic mass is 35.5. The number of halogens is 2. The maximum absolute atomic E-state index is 14.2. The second-order valence-corrected chi connectivity index (χ2v) is 6.42. The number of H-pyrrole nitrogens is 1. The number of nitrogens with one attached hydrogen (secondary N) is 1. The van der Waals surface area contributed by atoms with Crippen molar-refractivity contribution in [3.63, 3.8) is 0 Å². The first-order chi connectivity index (χ1) is 13.5. The number of carboxylic acid groups (broad SMARTS) is 1. The maximum atomic E-state index is 14.2. The van der Waals surface area contributed by atoms with Crippen LogP contribution < -0.4 is 0 Å². The van der Waals surface area contributed by atoms with E-state index >= 15 is 0 Å². The second kappa shape index (κ2) is 7.25. The zero-order valence-corrected chi connectivity index (χ0v) is 15.1. The molecule has 2 N–H and O–H groups in total. The van der Waals surface area contributed by atoms with E-state index in [4.69, 9.17) is 11.6 Å². The van der Waals surface area contributed by atoms with E-state index in [0.717, 1.165) is 11.3 Å². The number of carboxylic acids is 1. The molecule has 0 bridgehead atoms. The van der Waals surface area contributed by atoms with E-state index in [1.54, 1.807) is 12.1 Å². The zero-order valence-electron chi connectivity index (χ0n) is 14.4. The van der Waals surface area contributed by atoms with Crippen LogP contribution in [0, 0.1) is 5.82 Å². The van der Waals surface area contributed by atoms with Gasteiger partial charge in [-0.1, -0.05) is 48.0 Å². The number of aromatic carboxylic acids is 1. The maximum Gasteiger partial charge on any atom is 0.354 e. The number of aromatic amines is 1. The standard InChI is InChI=1S/C21H13ClFN3O2/c22-14-7-4-8-15(23)17(14)20-25-18(19(26-20)21(27)28)13-9-10-16(24-11-13)12-5-2-1-3-6-12/h1-11H,(H,25,26)(H,27,28). The van der Waals surface area contributed by atoms with Gasteiger partial charge in [0.25, 0.3) is 0 Å². The molecule has 2 aromatic heterocycles. The van der Waals surface area contributed by atoms with Gasteiger partial charge in [0.15, 0.2) is 5.69 Å². The molecule has 4 rings (SSSR count). The predicted molar refractivity (Wildman–Crippen MR) is 105 cm³/mol. The first-order valence-electron chi connectivity index (χ1n) is 8.34. The van der Waals surface area contributed by atoms with Crippen LogP contribution in [0.2, 0.25) is 5.02 Å². The smallest absolute Gasteiger partial charge is 0.354 e. The Morgan fingerprint density at radius 3 is 2.43 bits per heavy atom. The van der Waals surface area contributed by atoms with Crippen LogP contribution >= 0.6 is 11.6 Å². The molecule has 138 valence electrons. The van der Waals surface area contributed by atoms with Crippen molar-refractivity contribution in [2.24, 2.45) is 0 Å². The molecule has 0 amide bonds. The van der Waals surface area contributed by atoms with Gasteiger partial charge in [0.2, 0.25) is 0 Å². The van der Waals surface area contributed by atoms with Crippen LogP contribution in [0.5, 0.6) is 0 Å². The number of aromatic nitrogens is 3. The van der Waals surface area contributed by atoms with Gasteiger partial charge in [0, 0.05) is 17.3 Å². The number of hydrogen-bond acceptors (Lipinski definition) is 3. The number of nitrogens with zero attached hydrogens (tertiary/aromatic N) is 2. The molecule has 0 aliphatic carbocycles. The molecule has 0 aliphatic rings. The van der Waals surface area contributed by atoms with Crippen LogP contribution in [0.1, 0.15) is 10.5 Å². The van der Waals surface area contributed by atoms with Gasteiger partial charge in [0.05, 0.1) is 16.3 Å². The van der Waals surface area contributed by atoms with Crippen molar-refractivity contribution in [2.75, 3.05) is 0 Å². The Morgan fingerprint density at radius 1 is 1.00 bits per heavy atom. The van der Waals surface area contributed by atoms with E-state index in [-0.39, 0.29) is 27.8 Å². The molecule has 0 saturated heterocycles. The summed E-state index contributed by atoms with van der Waals surface area (Å²) >= 11 is 6.08. The normalized spacial score (nSPS) is 10.8. The van der Waals surface area contributed by atoms with Crippen molar-refractivity contribution in [3.8, 4) is 33.9 Å². The summed E-state index contributed by atoms with van der Waals surface area (Å²) in [6.45, 7) is 0. The largest absolute Gasteiger partial charge is 0.477 e. The molecule has 28 heavy (non-hydrogen) atoms. The predicted octanol–water partition coefficient (Wildman–Crippen LogP) is 5.30. The van der Waals surface area contributed by atoms with Crippen LogP contribution in [0.25, 0.3) is 33.9 Å². The Morgan fingerprint density at radius 2 is 1.79 bits per heavy atom. The lowest BCUT2D eigenvalue weighted by Gasteiger charge is -2.03. The Bertz CT molecular complexity index is 1140. The summed E-state index contributed by atoms with van der Waals surface area (Å²) in [5.74, 6) is -1.77. The van der Waals surface area contributed by atoms with Gasteiger partial charge in [0.1, 0.15) is 17.3 Å². The molecular formula is C21H13ClFN3O2. The summed E-state index contributed by atoms with van der Waals surface area (Å²) in [4.78, 5) is 23.0. The lowest BCUT2D eigenvalue weighted by Crippen LogP contribution is -1.99. The third-order valence-electron chi connectivity index (χ3n) is 4.22. The fraction of sp³-hybridized carbons (Fsp3) is 0. The van der Waals surface area contributed by atoms with E-state index in [2.05, 4.69) is 15.0 Å². The van der Waals surface area contributed by atoms with Crippen molar-refractivity contribution in [1.82, 2.24) is 15.0 Å². The van der Waals surface area contributed by atoms with Crippen molar-refractivity contribution in [1.29, 1.82) is 0 Å². The van der Waals surface area contributed by atoms with Crippen molar-refractivity contribution in [3.05, 3.63) is 83.4 Å². The molecule has 2 heterocycles. The number of carbonyl (C=O) groups is 1. The molecule has 2 aromatic carbocycles. The molecule has 0 spiro atoms. The van der Waals surface area contributed by atoms with E-state index in [1.807, 2.05) is 30.3 Å². The Kier molecular flexibility index (Phi) is 4.63. The average molecular weight is 394 g/mol. The average Bonchev–Trinajstić information content (AvgIpc) is 3.14. The minimum atomic E-state index is -1.21. The van der Waals surface area contributed by atoms with E-state index < -0.39 is 11.8 Å². The minimum absolute atomic E-state index is 0.0202. The highest BCUT2D eigenvalue weighted by molar-refractivity contribution is 6.33. The third kappa shape index (κ3) is 3.25. The van der Waals surface area contributed by atoms with Gasteiger partial charge < -0.3 is 10.1 Å². The molecule has 7 heteroatoms. The summed E-state index contributed by atoms with van der Waals surface area (Å²) in [5.41, 5.74) is 2.19. The number of pyridine rings is 1. The molecular weight excluding hydrogens is 381 g/mol. The summed E-state index contributed by atoms with van der Waals surface area (Å²) < 4.78 is 14.2. The lowest BCUT2D eigenvalue weighted by molar-refractivity contribution is 0.0692. The van der Waals surface area contributed by atoms with Crippen molar-refractivity contribution >= 4 is 17.6 Å². The van der Waals surface area contributed by atoms with Crippen LogP contribution in [0.15, 0.2) is 66.9 Å². The Balaban J connectivity index is 1.80. The molecule has 0 fully saturated rings. The van der Waals surface area contributed by atoms with Gasteiger partial charge in [-0.2, -0.15) is 0 Å². The van der Waals surface area contributed by atoms with Gasteiger partial charge in [-0.25, -0.2) is 14.2 Å². The van der Waals surface area contributed by atoms with E-state index in [1.165, 1.54) is 24.4 Å². The molecule has 5 nitrogen and oxygen atoms in total. The topological polar surface area (TPSA) is 78.9 Å². The molecule has 0 aliphatic heterocycles. The second-order valence-electron chi connectivity index (χ2n) is 6.01. The number of hydrogen-bond donors (Lipinski definition) is 2. The SMILES string of the molecule is O=C(O)c1[nH]c(-c2c(F)cccc2Cl)nc1-c1ccc(-c2ccccc2)nc1. The minimum Gasteiger partial charge on any atom is -0.477 e. The first kappa shape index (κ1) is 17.9. The molecule has 0 unspecified atom stereocenters. The zero-order chi connectivity index (χ0) is 19.7. The van der Waals surface area contributed by atoms with Gasteiger partial charge in [-0.15, -0.1) is 0 Å². The highest BCUT2D eigenvalue weighted by Gasteiger charge is 2.22. The summed E-state index contributed by atoms with van der Waals surface area (Å²) in [5, 5.41) is 9.67. The fourth-order valence-electron chi connectivity index (χ4n) is 2.89. The lowest BCUT2D eigenvalue weighted by atomic mass is 10.1. The monoisotopic (exact) mass is 393 g/mol. The van der Waals surface area contributed by atoms with Gasteiger partial charge >= 0.3 is 5.97 Å². The first-order valence-corrected chi connectivity index (χ1v) is 8.72. The fourth-order valence-corrected chi connectivity index (χ4v) is 3.15. The quantitative estimate of drug-likeness (QED) is 0.493. The third-order valence-corrected chi connectivity index (χ3v) is 4.54. The van der Waals surface area contributed by atoms with Crippen molar-refractivity contribution in [2.45, 2.75) is 0 Å². The summed E-state index contributed by atoms with van der Waals surface area (Å²) in [7, 11) is 0. The highest BCUT2D eigenvalue weighted by Crippen LogP contribution is 2.32. The van der Waals surface area contributed by atoms with Crippen LogP contribution in [0.3, 0.4) is 0 Å². The van der Waals surface area contributed by atoms with Gasteiger partial charge in [-0.3, -0.25) is 4.98 Å². The van der Waals surface area contributed by atoms with Crippen LogP contribution in [-0.2, 0) is 0 Å². The Hall–Kier alpha value is -3.51. The van der Waals surface area contributed by atoms with E-state index in [0.29, 0.717) is 5.56 Å². The number of imidazole rings is 1. The van der Waals surface area contributed by atoms with Crippen LogP contribution in [0.4, 0.5) is 4.39 Å². The molecule has 0 saturated carbocycles. The summed E-state index contributed by atoms with van der Waals surface area (Å²) in [6.07, 6.45) is 1.54. The van der Waals surface area contributed by atoms with E-state index in [9.17, 15) is 14.3 Å². The molecule has 0 radical (unpaired) electrons. The number of rotatable bonds is 4. The van der Waals surface area contributed by atoms with Crippen molar-refractivity contribution < 1.29 is 14.3 Å². The van der Waals surface area contributed by atoms with Gasteiger partial charge in [-0.05, 0) is 24.3 Å².